The topological polar surface area (TPSA) is 187 Å². The molecule has 4 aliphatic rings. The maximum atomic E-state index is 14.5. The number of hydrogen-bond acceptors (Lipinski definition) is 12. The molecule has 0 spiro atoms. The highest BCUT2D eigenvalue weighted by Gasteiger charge is 2.45. The van der Waals surface area contributed by atoms with Gasteiger partial charge in [0.15, 0.2) is 11.6 Å². The van der Waals surface area contributed by atoms with Gasteiger partial charge in [-0.05, 0) is 100 Å². The molecule has 5 aromatic rings. The maximum Gasteiger partial charge on any atom is 0.262 e. The van der Waals surface area contributed by atoms with Crippen LogP contribution in [0.5, 0.6) is 5.75 Å². The lowest BCUT2D eigenvalue weighted by molar-refractivity contribution is -0.136. The number of halogens is 1. The number of imide groups is 2. The zero-order valence-corrected chi connectivity index (χ0v) is 33.7. The number of nitrogens with one attached hydrogen (secondary N) is 1. The third-order valence-electron chi connectivity index (χ3n) is 12.2. The highest BCUT2D eigenvalue weighted by Crippen LogP contribution is 2.37. The number of fused-ring (bicyclic) bond motifs is 1. The van der Waals surface area contributed by atoms with E-state index in [2.05, 4.69) is 35.0 Å². The van der Waals surface area contributed by atoms with Gasteiger partial charge < -0.3 is 20.3 Å². The largest absolute Gasteiger partial charge is 0.482 e. The number of benzene rings is 2. The van der Waals surface area contributed by atoms with Crippen molar-refractivity contribution in [1.82, 2.24) is 44.9 Å². The van der Waals surface area contributed by atoms with E-state index in [-0.39, 0.29) is 30.0 Å². The molecular weight excluding hydrogens is 770 g/mol. The standard InChI is InChI=1S/C43H46FN11O5/c1-24-17-48-54(39(24)28-14-37(40(45)46-18-28)60-25(2)33-15-29(44)4-6-31(33)35-19-47-51(3)50-35)23-26-10-12-52(13-11-26)20-27-21-53(22-27)30-5-7-32-34(16-30)43(59)55(42(32)58)36-8-9-38(56)49-41(36)57/h4-7,14-19,25-27,36H,8-13,20-23H2,1-3H3,(H2,45,46)(H,49,56,57)/t25-,36?/m1/s1. The zero-order valence-electron chi connectivity index (χ0n) is 33.7. The van der Waals surface area contributed by atoms with Crippen molar-refractivity contribution in [3.8, 4) is 28.3 Å². The molecule has 2 atom stereocenters. The predicted molar refractivity (Wildman–Crippen MR) is 218 cm³/mol. The smallest absolute Gasteiger partial charge is 0.262 e. The van der Waals surface area contributed by atoms with Crippen molar-refractivity contribution in [1.29, 1.82) is 0 Å². The minimum Gasteiger partial charge on any atom is -0.482 e. The Morgan fingerprint density at radius 1 is 0.900 bits per heavy atom. The van der Waals surface area contributed by atoms with Gasteiger partial charge in [-0.1, -0.05) is 0 Å². The Morgan fingerprint density at radius 3 is 2.42 bits per heavy atom. The number of carbonyl (C=O) groups is 4. The third kappa shape index (κ3) is 7.37. The Balaban J connectivity index is 0.791. The van der Waals surface area contributed by atoms with Crippen LogP contribution in [-0.2, 0) is 23.2 Å². The van der Waals surface area contributed by atoms with Crippen LogP contribution < -0.4 is 20.7 Å². The number of aryl methyl sites for hydroxylation is 2. The Morgan fingerprint density at radius 2 is 1.67 bits per heavy atom. The second kappa shape index (κ2) is 15.6. The van der Waals surface area contributed by atoms with Crippen LogP contribution in [0.15, 0.2) is 61.1 Å². The number of piperidine rings is 2. The van der Waals surface area contributed by atoms with Crippen molar-refractivity contribution in [2.45, 2.75) is 58.2 Å². The molecule has 9 rings (SSSR count). The summed E-state index contributed by atoms with van der Waals surface area (Å²) in [7, 11) is 1.73. The highest BCUT2D eigenvalue weighted by molar-refractivity contribution is 6.23. The first-order valence-corrected chi connectivity index (χ1v) is 20.3. The fourth-order valence-electron chi connectivity index (χ4n) is 9.01. The Bertz CT molecular complexity index is 2520. The fraction of sp³-hybridized carbons (Fsp3) is 0.395. The van der Waals surface area contributed by atoms with Gasteiger partial charge in [0.25, 0.3) is 11.8 Å². The molecule has 4 amide bonds. The molecule has 2 aromatic carbocycles. The predicted octanol–water partition coefficient (Wildman–Crippen LogP) is 4.16. The number of aromatic nitrogens is 6. The first-order valence-electron chi connectivity index (χ1n) is 20.3. The van der Waals surface area contributed by atoms with Crippen molar-refractivity contribution in [2.24, 2.45) is 18.9 Å². The average molecular weight is 816 g/mol. The molecule has 0 radical (unpaired) electrons. The minimum absolute atomic E-state index is 0.0860. The molecule has 16 nitrogen and oxygen atoms in total. The van der Waals surface area contributed by atoms with E-state index in [9.17, 15) is 23.6 Å². The van der Waals surface area contributed by atoms with Crippen LogP contribution in [0.4, 0.5) is 15.9 Å². The molecule has 4 aliphatic heterocycles. The molecule has 3 aromatic heterocycles. The van der Waals surface area contributed by atoms with Gasteiger partial charge in [0.2, 0.25) is 11.8 Å². The van der Waals surface area contributed by atoms with Gasteiger partial charge >= 0.3 is 0 Å². The van der Waals surface area contributed by atoms with Gasteiger partial charge in [0.05, 0.1) is 29.2 Å². The van der Waals surface area contributed by atoms with Gasteiger partial charge in [-0.3, -0.25) is 34.1 Å². The molecule has 0 bridgehead atoms. The Labute approximate surface area is 345 Å². The zero-order chi connectivity index (χ0) is 41.8. The second-order valence-electron chi connectivity index (χ2n) is 16.4. The van der Waals surface area contributed by atoms with Crippen LogP contribution in [0.1, 0.15) is 70.6 Å². The first-order chi connectivity index (χ1) is 28.9. The number of nitrogens with two attached hydrogens (primary N) is 1. The summed E-state index contributed by atoms with van der Waals surface area (Å²) in [5.74, 6) is -0.852. The summed E-state index contributed by atoms with van der Waals surface area (Å²) in [6.07, 6.45) is 6.95. The van der Waals surface area contributed by atoms with E-state index in [4.69, 9.17) is 15.6 Å². The van der Waals surface area contributed by atoms with Crippen LogP contribution in [0.2, 0.25) is 0 Å². The van der Waals surface area contributed by atoms with E-state index in [0.29, 0.717) is 40.0 Å². The summed E-state index contributed by atoms with van der Waals surface area (Å²) in [5.41, 5.74) is 12.5. The lowest BCUT2D eigenvalue weighted by atomic mass is 9.93. The van der Waals surface area contributed by atoms with Crippen LogP contribution >= 0.6 is 0 Å². The Hall–Kier alpha value is -6.49. The number of nitrogen functional groups attached to an aromatic ring is 1. The summed E-state index contributed by atoms with van der Waals surface area (Å²) in [6.45, 7) is 9.27. The van der Waals surface area contributed by atoms with E-state index >= 15 is 0 Å². The van der Waals surface area contributed by atoms with Gasteiger partial charge in [0.1, 0.15) is 23.7 Å². The van der Waals surface area contributed by atoms with Crippen molar-refractivity contribution in [3.63, 3.8) is 0 Å². The molecule has 310 valence electrons. The van der Waals surface area contributed by atoms with E-state index in [1.165, 1.54) is 16.9 Å². The normalized spacial score (nSPS) is 19.4. The molecular formula is C43H46FN11O5. The number of likely N-dealkylation sites (tertiary alicyclic amines) is 1. The van der Waals surface area contributed by atoms with Crippen LogP contribution in [0.3, 0.4) is 0 Å². The number of anilines is 2. The lowest BCUT2D eigenvalue weighted by Gasteiger charge is -2.44. The lowest BCUT2D eigenvalue weighted by Crippen LogP contribution is -2.54. The Kier molecular flexibility index (Phi) is 10.1. The maximum absolute atomic E-state index is 14.5. The van der Waals surface area contributed by atoms with Crippen molar-refractivity contribution in [2.75, 3.05) is 43.4 Å². The van der Waals surface area contributed by atoms with Crippen LogP contribution in [0.25, 0.3) is 22.5 Å². The first kappa shape index (κ1) is 39.0. The summed E-state index contributed by atoms with van der Waals surface area (Å²) >= 11 is 0. The molecule has 0 aliphatic carbocycles. The molecule has 60 heavy (non-hydrogen) atoms. The van der Waals surface area contributed by atoms with Gasteiger partial charge in [-0.25, -0.2) is 9.37 Å². The second-order valence-corrected chi connectivity index (χ2v) is 16.4. The van der Waals surface area contributed by atoms with E-state index in [1.807, 2.05) is 32.2 Å². The number of pyridine rings is 1. The average Bonchev–Trinajstić information content (AvgIpc) is 3.88. The third-order valence-corrected chi connectivity index (χ3v) is 12.2. The highest BCUT2D eigenvalue weighted by atomic mass is 19.1. The summed E-state index contributed by atoms with van der Waals surface area (Å²) in [4.78, 5) is 62.2. The number of amides is 4. The minimum atomic E-state index is -0.979. The van der Waals surface area contributed by atoms with Crippen molar-refractivity contribution >= 4 is 35.1 Å². The summed E-state index contributed by atoms with van der Waals surface area (Å²) in [5, 5.41) is 15.6. The molecule has 7 heterocycles. The number of rotatable bonds is 11. The quantitative estimate of drug-likeness (QED) is 0.182. The number of carbonyl (C=O) groups excluding carboxylic acids is 4. The van der Waals surface area contributed by atoms with Gasteiger partial charge in [-0.15, -0.1) is 0 Å². The van der Waals surface area contributed by atoms with Crippen molar-refractivity contribution in [3.05, 3.63) is 89.1 Å². The van der Waals surface area contributed by atoms with Crippen LogP contribution in [0, 0.1) is 24.6 Å². The summed E-state index contributed by atoms with van der Waals surface area (Å²) < 4.78 is 22.9. The monoisotopic (exact) mass is 815 g/mol. The molecule has 3 N–H and O–H groups in total. The fourth-order valence-corrected chi connectivity index (χ4v) is 9.01. The molecule has 3 fully saturated rings. The number of nitrogens with zero attached hydrogens (tertiary/aromatic N) is 9. The SMILES string of the molecule is Cc1cnn(CC2CCN(CC3CN(c4ccc5c(c4)C(=O)N(C4CCC(=O)NC4=O)C5=O)C3)CC2)c1-c1cnc(N)c(O[C@H](C)c2cc(F)ccc2-c2cnn(C)n2)c1. The van der Waals surface area contributed by atoms with E-state index in [1.54, 1.807) is 37.6 Å². The number of ether oxygens (including phenoxy) is 1. The van der Waals surface area contributed by atoms with E-state index < -0.39 is 35.8 Å². The van der Waals surface area contributed by atoms with Crippen LogP contribution in [-0.4, -0.2) is 102 Å². The molecule has 1 unspecified atom stereocenters. The molecule has 17 heteroatoms. The summed E-state index contributed by atoms with van der Waals surface area (Å²) in [6, 6.07) is 10.7. The van der Waals surface area contributed by atoms with Crippen molar-refractivity contribution < 1.29 is 28.3 Å². The number of hydrogen-bond donors (Lipinski definition) is 2. The van der Waals surface area contributed by atoms with Gasteiger partial charge in [0, 0.05) is 74.1 Å². The van der Waals surface area contributed by atoms with E-state index in [0.717, 1.165) is 79.5 Å². The molecule has 0 saturated carbocycles. The van der Waals surface area contributed by atoms with Gasteiger partial charge in [-0.2, -0.15) is 20.1 Å². The molecule has 3 saturated heterocycles.